The van der Waals surface area contributed by atoms with E-state index in [1.807, 2.05) is 10.4 Å². The molecule has 0 amide bonds. The van der Waals surface area contributed by atoms with E-state index in [0.717, 1.165) is 32.5 Å². The van der Waals surface area contributed by atoms with Crippen molar-refractivity contribution in [2.45, 2.75) is 25.4 Å². The Morgan fingerprint density at radius 2 is 1.76 bits per heavy atom. The molecule has 0 bridgehead atoms. The molecule has 2 aliphatic heterocycles. The van der Waals surface area contributed by atoms with Crippen LogP contribution >= 0.6 is 12.1 Å². The zero-order valence-corrected chi connectivity index (χ0v) is 14.7. The van der Waals surface area contributed by atoms with Crippen LogP contribution in [0.25, 0.3) is 5.88 Å². The normalized spacial score (nSPS) is 18.7. The van der Waals surface area contributed by atoms with Crippen LogP contribution in [-0.4, -0.2) is 38.5 Å². The molecule has 2 N–H and O–H groups in total. The van der Waals surface area contributed by atoms with Gasteiger partial charge in [-0.2, -0.15) is 4.40 Å². The molecule has 1 fully saturated rings. The van der Waals surface area contributed by atoms with Gasteiger partial charge in [0, 0.05) is 25.7 Å². The number of aliphatic hydroxyl groups excluding tert-OH is 1. The van der Waals surface area contributed by atoms with Crippen LogP contribution in [0.3, 0.4) is 0 Å². The number of piperidine rings is 1. The molecule has 2 aromatic rings. The maximum atomic E-state index is 10.6. The molecule has 0 aromatic heterocycles. The van der Waals surface area contributed by atoms with Crippen LogP contribution in [0.2, 0.25) is 0 Å². The molecule has 2 aromatic carbocycles. The van der Waals surface area contributed by atoms with Gasteiger partial charge in [-0.05, 0) is 30.5 Å². The first-order valence-corrected chi connectivity index (χ1v) is 9.27. The Bertz CT molecular complexity index is 864. The lowest BCUT2D eigenvalue weighted by atomic mass is 10.0. The van der Waals surface area contributed by atoms with Crippen LogP contribution in [0.15, 0.2) is 52.9 Å². The molecule has 0 saturated carbocycles. The molecule has 5 nitrogen and oxygen atoms in total. The van der Waals surface area contributed by atoms with Crippen molar-refractivity contribution < 1.29 is 10.2 Å². The second-order valence-electron chi connectivity index (χ2n) is 6.49. The van der Waals surface area contributed by atoms with Crippen LogP contribution in [0, 0.1) is 0 Å². The molecule has 130 valence electrons. The fourth-order valence-electron chi connectivity index (χ4n) is 3.46. The average molecular weight is 355 g/mol. The van der Waals surface area contributed by atoms with Crippen LogP contribution in [0.5, 0.6) is 5.75 Å². The van der Waals surface area contributed by atoms with Gasteiger partial charge in [0.2, 0.25) is 5.88 Å². The molecule has 0 aliphatic carbocycles. The lowest BCUT2D eigenvalue weighted by Crippen LogP contribution is -2.45. The summed E-state index contributed by atoms with van der Waals surface area (Å²) < 4.78 is 6.28. The van der Waals surface area contributed by atoms with Gasteiger partial charge in [0.05, 0.1) is 17.5 Å². The van der Waals surface area contributed by atoms with Crippen LogP contribution in [0.1, 0.15) is 18.4 Å². The molecular formula is C19H21N3O2S. The zero-order valence-electron chi connectivity index (χ0n) is 13.9. The summed E-state index contributed by atoms with van der Waals surface area (Å²) in [5, 5.41) is 21.8. The van der Waals surface area contributed by atoms with Gasteiger partial charge in [0.15, 0.2) is 0 Å². The minimum atomic E-state index is 0.0746. The van der Waals surface area contributed by atoms with Crippen LogP contribution < -0.4 is 10.6 Å². The Hall–Kier alpha value is -2.18. The molecule has 2 heterocycles. The summed E-state index contributed by atoms with van der Waals surface area (Å²) in [7, 11) is 0. The number of phenols is 1. The highest BCUT2D eigenvalue weighted by Crippen LogP contribution is 2.29. The van der Waals surface area contributed by atoms with Crippen molar-refractivity contribution >= 4 is 18.0 Å². The summed E-state index contributed by atoms with van der Waals surface area (Å²) in [5.74, 6) is 0.195. The van der Waals surface area contributed by atoms with Gasteiger partial charge >= 0.3 is 0 Å². The number of hydrogen-bond acceptors (Lipinski definition) is 6. The summed E-state index contributed by atoms with van der Waals surface area (Å²) in [4.78, 5) is 2.44. The third kappa shape index (κ3) is 3.32. The molecule has 2 aliphatic rings. The molecule has 4 rings (SSSR count). The first-order valence-electron chi connectivity index (χ1n) is 8.54. The number of benzene rings is 2. The summed E-state index contributed by atoms with van der Waals surface area (Å²) in [6, 6.07) is 15.8. The van der Waals surface area contributed by atoms with Crippen molar-refractivity contribution in [3.05, 3.63) is 64.7 Å². The Kier molecular flexibility index (Phi) is 4.55. The number of likely N-dealkylation sites (tertiary alicyclic amines) is 1. The van der Waals surface area contributed by atoms with Crippen molar-refractivity contribution in [2.75, 3.05) is 13.1 Å². The number of hydrogen-bond donors (Lipinski definition) is 2. The van der Waals surface area contributed by atoms with E-state index in [2.05, 4.69) is 33.6 Å². The lowest BCUT2D eigenvalue weighted by Gasteiger charge is -2.37. The third-order valence-electron chi connectivity index (χ3n) is 4.82. The predicted molar refractivity (Wildman–Crippen MR) is 99.1 cm³/mol. The number of phenolic OH excluding ortho intramolecular Hbond substituents is 1. The highest BCUT2D eigenvalue weighted by Gasteiger charge is 2.29. The summed E-state index contributed by atoms with van der Waals surface area (Å²) in [6.07, 6.45) is 1.92. The van der Waals surface area contributed by atoms with E-state index < -0.39 is 0 Å². The van der Waals surface area contributed by atoms with Crippen molar-refractivity contribution in [1.82, 2.24) is 9.21 Å². The number of nitrogens with zero attached hydrogens (tertiary/aromatic N) is 3. The standard InChI is InChI=1S/C19H21N3O2S/c23-17-8-4-7-16-18(17)19(24)22(25-20-16)15-9-11-21(12-10-15)13-14-5-2-1-3-6-14/h1-8,15,23-24H,9-13H2. The topological polar surface area (TPSA) is 59.3 Å². The summed E-state index contributed by atoms with van der Waals surface area (Å²) in [6.45, 7) is 2.93. The Morgan fingerprint density at radius 1 is 1.00 bits per heavy atom. The Balaban J connectivity index is 1.46. The molecule has 0 atom stereocenters. The van der Waals surface area contributed by atoms with Gasteiger partial charge in [-0.3, -0.25) is 9.21 Å². The van der Waals surface area contributed by atoms with E-state index in [0.29, 0.717) is 10.6 Å². The minimum Gasteiger partial charge on any atom is -0.507 e. The van der Waals surface area contributed by atoms with Gasteiger partial charge < -0.3 is 10.2 Å². The van der Waals surface area contributed by atoms with Gasteiger partial charge in [0.1, 0.15) is 11.0 Å². The quantitative estimate of drug-likeness (QED) is 0.827. The monoisotopic (exact) mass is 355 g/mol. The maximum Gasteiger partial charge on any atom is 0.212 e. The Labute approximate surface area is 151 Å². The smallest absolute Gasteiger partial charge is 0.212 e. The Morgan fingerprint density at radius 3 is 2.52 bits per heavy atom. The highest BCUT2D eigenvalue weighted by molar-refractivity contribution is 7.95. The SMILES string of the molecule is OC1=c2c(O)cccc2=NSN1C1CCN(Cc2ccccc2)CC1. The van der Waals surface area contributed by atoms with E-state index in [1.165, 1.54) is 17.7 Å². The van der Waals surface area contributed by atoms with Gasteiger partial charge in [-0.15, -0.1) is 0 Å². The van der Waals surface area contributed by atoms with Crippen LogP contribution in [0.4, 0.5) is 0 Å². The third-order valence-corrected chi connectivity index (χ3v) is 5.74. The average Bonchev–Trinajstić information content (AvgIpc) is 2.64. The van der Waals surface area contributed by atoms with E-state index in [9.17, 15) is 10.2 Å². The molecule has 1 saturated heterocycles. The second kappa shape index (κ2) is 6.98. The number of fused-ring (bicyclic) bond motifs is 1. The lowest BCUT2D eigenvalue weighted by molar-refractivity contribution is 0.166. The molecule has 0 unspecified atom stereocenters. The molecule has 0 radical (unpaired) electrons. The molecule has 25 heavy (non-hydrogen) atoms. The van der Waals surface area contributed by atoms with Crippen molar-refractivity contribution in [2.24, 2.45) is 4.40 Å². The van der Waals surface area contributed by atoms with Gasteiger partial charge in [-0.1, -0.05) is 36.4 Å². The minimum absolute atomic E-state index is 0.0746. The van der Waals surface area contributed by atoms with Gasteiger partial charge in [0.25, 0.3) is 0 Å². The van der Waals surface area contributed by atoms with E-state index in [-0.39, 0.29) is 17.7 Å². The van der Waals surface area contributed by atoms with E-state index in [1.54, 1.807) is 18.2 Å². The number of aliphatic hydroxyl groups is 1. The fraction of sp³-hybridized carbons (Fsp3) is 0.316. The summed E-state index contributed by atoms with van der Waals surface area (Å²) >= 11 is 1.28. The number of rotatable bonds is 3. The first kappa shape index (κ1) is 16.3. The number of aromatic hydroxyl groups is 1. The fourth-order valence-corrected chi connectivity index (χ4v) is 4.30. The van der Waals surface area contributed by atoms with E-state index >= 15 is 0 Å². The van der Waals surface area contributed by atoms with E-state index in [4.69, 9.17) is 0 Å². The van der Waals surface area contributed by atoms with Crippen molar-refractivity contribution in [1.29, 1.82) is 0 Å². The molecular weight excluding hydrogens is 334 g/mol. The largest absolute Gasteiger partial charge is 0.507 e. The summed E-state index contributed by atoms with van der Waals surface area (Å²) in [5.41, 5.74) is 1.33. The van der Waals surface area contributed by atoms with Gasteiger partial charge in [-0.25, -0.2) is 0 Å². The molecule has 6 heteroatoms. The molecule has 0 spiro atoms. The predicted octanol–water partition coefficient (Wildman–Crippen LogP) is 2.18. The highest BCUT2D eigenvalue weighted by atomic mass is 32.2. The first-order chi connectivity index (χ1) is 12.2. The van der Waals surface area contributed by atoms with Crippen molar-refractivity contribution in [3.63, 3.8) is 0 Å². The second-order valence-corrected chi connectivity index (χ2v) is 7.23. The zero-order chi connectivity index (χ0) is 17.2. The van der Waals surface area contributed by atoms with Crippen molar-refractivity contribution in [3.8, 4) is 5.75 Å². The maximum absolute atomic E-state index is 10.6. The van der Waals surface area contributed by atoms with Crippen LogP contribution in [-0.2, 0) is 6.54 Å².